The molecular weight excluding hydrogens is 278 g/mol. The predicted octanol–water partition coefficient (Wildman–Crippen LogP) is 3.52. The van der Waals surface area contributed by atoms with Gasteiger partial charge >= 0.3 is 6.01 Å². The summed E-state index contributed by atoms with van der Waals surface area (Å²) in [5.41, 5.74) is 6.28. The Balaban J connectivity index is 1.76. The molecule has 22 heavy (non-hydrogen) atoms. The molecule has 0 bridgehead atoms. The fourth-order valence-corrected chi connectivity index (χ4v) is 1.87. The molecule has 1 aromatic heterocycles. The number of ether oxygens (including phenoxy) is 2. The maximum atomic E-state index is 5.76. The minimum Gasteiger partial charge on any atom is -0.457 e. The highest BCUT2D eigenvalue weighted by molar-refractivity contribution is 5.37. The van der Waals surface area contributed by atoms with Gasteiger partial charge in [0, 0.05) is 18.8 Å². The first-order valence-electron chi connectivity index (χ1n) is 6.86. The van der Waals surface area contributed by atoms with Gasteiger partial charge in [0.05, 0.1) is 5.69 Å². The standard InChI is InChI=1S/C17H15N3O2/c18-12-13-9-10-19-17(20-13)22-16-8-4-7-15(11-16)21-14-5-2-1-3-6-14/h1-11H,12,18H2. The molecule has 0 saturated heterocycles. The SMILES string of the molecule is NCc1ccnc(Oc2cccc(Oc3ccccc3)c2)n1. The molecule has 0 aliphatic carbocycles. The minimum atomic E-state index is 0.264. The van der Waals surface area contributed by atoms with E-state index in [1.165, 1.54) is 0 Å². The van der Waals surface area contributed by atoms with E-state index in [0.717, 1.165) is 11.4 Å². The van der Waals surface area contributed by atoms with Gasteiger partial charge < -0.3 is 15.2 Å². The second-order valence-electron chi connectivity index (χ2n) is 4.53. The van der Waals surface area contributed by atoms with Crippen LogP contribution in [0, 0.1) is 0 Å². The van der Waals surface area contributed by atoms with E-state index >= 15 is 0 Å². The minimum absolute atomic E-state index is 0.264. The van der Waals surface area contributed by atoms with Gasteiger partial charge in [-0.25, -0.2) is 4.98 Å². The second kappa shape index (κ2) is 6.69. The number of nitrogens with two attached hydrogens (primary N) is 1. The monoisotopic (exact) mass is 293 g/mol. The summed E-state index contributed by atoms with van der Waals surface area (Å²) in [4.78, 5) is 8.27. The van der Waals surface area contributed by atoms with Gasteiger partial charge in [-0.3, -0.25) is 0 Å². The van der Waals surface area contributed by atoms with Gasteiger partial charge in [0.25, 0.3) is 0 Å². The van der Waals surface area contributed by atoms with Crippen molar-refractivity contribution in [2.75, 3.05) is 0 Å². The summed E-state index contributed by atoms with van der Waals surface area (Å²) in [7, 11) is 0. The Hall–Kier alpha value is -2.92. The van der Waals surface area contributed by atoms with Crippen LogP contribution < -0.4 is 15.2 Å². The molecule has 5 heteroatoms. The molecule has 0 atom stereocenters. The summed E-state index contributed by atoms with van der Waals surface area (Å²) < 4.78 is 11.4. The van der Waals surface area contributed by atoms with Crippen molar-refractivity contribution in [3.8, 4) is 23.3 Å². The molecule has 0 radical (unpaired) electrons. The van der Waals surface area contributed by atoms with E-state index in [2.05, 4.69) is 9.97 Å². The highest BCUT2D eigenvalue weighted by Crippen LogP contribution is 2.26. The van der Waals surface area contributed by atoms with Gasteiger partial charge in [-0.15, -0.1) is 0 Å². The molecule has 2 aromatic carbocycles. The number of hydrogen-bond donors (Lipinski definition) is 1. The fraction of sp³-hybridized carbons (Fsp3) is 0.0588. The van der Waals surface area contributed by atoms with Crippen molar-refractivity contribution in [3.63, 3.8) is 0 Å². The first-order chi connectivity index (χ1) is 10.8. The fourth-order valence-electron chi connectivity index (χ4n) is 1.87. The number of para-hydroxylation sites is 1. The lowest BCUT2D eigenvalue weighted by atomic mass is 10.3. The summed E-state index contributed by atoms with van der Waals surface area (Å²) in [6.07, 6.45) is 1.62. The van der Waals surface area contributed by atoms with Crippen molar-refractivity contribution < 1.29 is 9.47 Å². The van der Waals surface area contributed by atoms with Crippen LogP contribution in [0.1, 0.15) is 5.69 Å². The summed E-state index contributed by atoms with van der Waals surface area (Å²) in [6, 6.07) is 18.9. The molecular formula is C17H15N3O2. The van der Waals surface area contributed by atoms with Crippen LogP contribution in [0.15, 0.2) is 66.9 Å². The number of benzene rings is 2. The Morgan fingerprint density at radius 3 is 2.32 bits per heavy atom. The Bertz CT molecular complexity index is 748. The molecule has 0 unspecified atom stereocenters. The van der Waals surface area contributed by atoms with E-state index in [-0.39, 0.29) is 6.01 Å². The van der Waals surface area contributed by atoms with Crippen molar-refractivity contribution in [1.29, 1.82) is 0 Å². The van der Waals surface area contributed by atoms with Gasteiger partial charge in [-0.05, 0) is 30.3 Å². The summed E-state index contributed by atoms with van der Waals surface area (Å²) >= 11 is 0. The van der Waals surface area contributed by atoms with Gasteiger partial charge in [0.1, 0.15) is 17.2 Å². The van der Waals surface area contributed by atoms with Crippen LogP contribution in [-0.4, -0.2) is 9.97 Å². The molecule has 0 saturated carbocycles. The first-order valence-corrected chi connectivity index (χ1v) is 6.86. The Morgan fingerprint density at radius 1 is 0.818 bits per heavy atom. The lowest BCUT2D eigenvalue weighted by molar-refractivity contribution is 0.431. The van der Waals surface area contributed by atoms with E-state index in [4.69, 9.17) is 15.2 Å². The summed E-state index contributed by atoms with van der Waals surface area (Å²) in [5.74, 6) is 2.04. The van der Waals surface area contributed by atoms with Crippen LogP contribution in [0.25, 0.3) is 0 Å². The van der Waals surface area contributed by atoms with E-state index < -0.39 is 0 Å². The van der Waals surface area contributed by atoms with Gasteiger partial charge in [-0.1, -0.05) is 24.3 Å². The third kappa shape index (κ3) is 3.59. The topological polar surface area (TPSA) is 70.3 Å². The molecule has 110 valence electrons. The molecule has 0 amide bonds. The van der Waals surface area contributed by atoms with E-state index in [1.54, 1.807) is 18.3 Å². The summed E-state index contributed by atoms with van der Waals surface area (Å²) in [5, 5.41) is 0. The van der Waals surface area contributed by atoms with Crippen LogP contribution in [0.3, 0.4) is 0 Å². The maximum absolute atomic E-state index is 5.76. The van der Waals surface area contributed by atoms with Crippen molar-refractivity contribution in [2.24, 2.45) is 5.73 Å². The highest BCUT2D eigenvalue weighted by Gasteiger charge is 2.04. The molecule has 3 aromatic rings. The number of nitrogens with zero attached hydrogens (tertiary/aromatic N) is 2. The van der Waals surface area contributed by atoms with Crippen LogP contribution in [0.5, 0.6) is 23.3 Å². The maximum Gasteiger partial charge on any atom is 0.322 e. The van der Waals surface area contributed by atoms with Crippen molar-refractivity contribution in [1.82, 2.24) is 9.97 Å². The van der Waals surface area contributed by atoms with Crippen molar-refractivity contribution >= 4 is 0 Å². The van der Waals surface area contributed by atoms with Gasteiger partial charge in [0.15, 0.2) is 0 Å². The van der Waals surface area contributed by atoms with Crippen molar-refractivity contribution in [3.05, 3.63) is 72.6 Å². The molecule has 0 spiro atoms. The molecule has 0 fully saturated rings. The van der Waals surface area contributed by atoms with Gasteiger partial charge in [-0.2, -0.15) is 4.98 Å². The molecule has 0 aliphatic heterocycles. The number of rotatable bonds is 5. The summed E-state index contributed by atoms with van der Waals surface area (Å²) in [6.45, 7) is 0.343. The van der Waals surface area contributed by atoms with Crippen LogP contribution in [0.2, 0.25) is 0 Å². The Morgan fingerprint density at radius 2 is 1.55 bits per heavy atom. The Labute approximate surface area is 128 Å². The highest BCUT2D eigenvalue weighted by atomic mass is 16.5. The largest absolute Gasteiger partial charge is 0.457 e. The van der Waals surface area contributed by atoms with Crippen molar-refractivity contribution in [2.45, 2.75) is 6.54 Å². The normalized spacial score (nSPS) is 10.2. The first kappa shape index (κ1) is 14.0. The zero-order valence-corrected chi connectivity index (χ0v) is 11.8. The van der Waals surface area contributed by atoms with E-state index in [9.17, 15) is 0 Å². The average Bonchev–Trinajstić information content (AvgIpc) is 2.56. The molecule has 3 rings (SSSR count). The van der Waals surface area contributed by atoms with E-state index in [1.807, 2.05) is 48.5 Å². The quantitative estimate of drug-likeness (QED) is 0.779. The lowest BCUT2D eigenvalue weighted by Gasteiger charge is -2.08. The molecule has 2 N–H and O–H groups in total. The Kier molecular flexibility index (Phi) is 4.27. The number of aromatic nitrogens is 2. The average molecular weight is 293 g/mol. The molecule has 1 heterocycles. The zero-order chi connectivity index (χ0) is 15.2. The van der Waals surface area contributed by atoms with Crippen LogP contribution in [-0.2, 0) is 6.54 Å². The molecule has 0 aliphatic rings. The third-order valence-corrected chi connectivity index (χ3v) is 2.89. The van der Waals surface area contributed by atoms with Crippen LogP contribution in [0.4, 0.5) is 0 Å². The second-order valence-corrected chi connectivity index (χ2v) is 4.53. The lowest BCUT2D eigenvalue weighted by Crippen LogP contribution is -2.01. The number of hydrogen-bond acceptors (Lipinski definition) is 5. The zero-order valence-electron chi connectivity index (χ0n) is 11.8. The smallest absolute Gasteiger partial charge is 0.322 e. The van der Waals surface area contributed by atoms with Gasteiger partial charge in [0.2, 0.25) is 0 Å². The van der Waals surface area contributed by atoms with E-state index in [0.29, 0.717) is 18.0 Å². The molecule has 5 nitrogen and oxygen atoms in total. The van der Waals surface area contributed by atoms with Crippen LogP contribution >= 0.6 is 0 Å². The third-order valence-electron chi connectivity index (χ3n) is 2.89. The predicted molar refractivity (Wildman–Crippen MR) is 83.0 cm³/mol.